The number of hydrogen-bond donors (Lipinski definition) is 0. The second kappa shape index (κ2) is 7.77. The summed E-state index contributed by atoms with van der Waals surface area (Å²) in [6.45, 7) is 7.52. The molecule has 0 spiro atoms. The van der Waals surface area contributed by atoms with Crippen LogP contribution in [0.2, 0.25) is 0 Å². The molecule has 0 aromatic rings. The Bertz CT molecular complexity index is 105. The summed E-state index contributed by atoms with van der Waals surface area (Å²) in [6.07, 6.45) is 6.25. The zero-order chi connectivity index (χ0) is 8.53. The Morgan fingerprint density at radius 3 is 2.18 bits per heavy atom. The largest absolute Gasteiger partial charge is 0.294 e. The SMILES string of the molecule is CCCCC(CCC)=NCC. The van der Waals surface area contributed by atoms with Gasteiger partial charge in [0.2, 0.25) is 0 Å². The average molecular weight is 155 g/mol. The summed E-state index contributed by atoms with van der Waals surface area (Å²) in [6, 6.07) is 0. The van der Waals surface area contributed by atoms with Gasteiger partial charge in [-0.1, -0.05) is 26.7 Å². The first-order chi connectivity index (χ1) is 5.35. The van der Waals surface area contributed by atoms with Crippen LogP contribution in [-0.2, 0) is 0 Å². The predicted molar refractivity (Wildman–Crippen MR) is 52.4 cm³/mol. The molecule has 0 amide bonds. The molecule has 0 saturated carbocycles. The molecule has 0 aromatic carbocycles. The van der Waals surface area contributed by atoms with E-state index >= 15 is 0 Å². The van der Waals surface area contributed by atoms with Gasteiger partial charge in [0.1, 0.15) is 0 Å². The van der Waals surface area contributed by atoms with E-state index in [4.69, 9.17) is 0 Å². The van der Waals surface area contributed by atoms with E-state index in [0.717, 1.165) is 6.54 Å². The fraction of sp³-hybridized carbons (Fsp3) is 0.900. The molecule has 0 aliphatic heterocycles. The fourth-order valence-electron chi connectivity index (χ4n) is 1.18. The van der Waals surface area contributed by atoms with Gasteiger partial charge < -0.3 is 0 Å². The van der Waals surface area contributed by atoms with E-state index in [1.165, 1.54) is 37.8 Å². The Kier molecular flexibility index (Phi) is 7.54. The first-order valence-corrected chi connectivity index (χ1v) is 4.87. The summed E-state index contributed by atoms with van der Waals surface area (Å²) in [7, 11) is 0. The molecule has 0 rings (SSSR count). The van der Waals surface area contributed by atoms with Crippen molar-refractivity contribution in [3.05, 3.63) is 0 Å². The molecule has 1 heteroatoms. The fourth-order valence-corrected chi connectivity index (χ4v) is 1.18. The van der Waals surface area contributed by atoms with E-state index < -0.39 is 0 Å². The lowest BCUT2D eigenvalue weighted by Gasteiger charge is -2.02. The van der Waals surface area contributed by atoms with Gasteiger partial charge in [-0.25, -0.2) is 0 Å². The van der Waals surface area contributed by atoms with Crippen molar-refractivity contribution in [3.8, 4) is 0 Å². The highest BCUT2D eigenvalue weighted by Gasteiger charge is 1.95. The van der Waals surface area contributed by atoms with Crippen LogP contribution in [0.25, 0.3) is 0 Å². The molecule has 11 heavy (non-hydrogen) atoms. The van der Waals surface area contributed by atoms with Gasteiger partial charge in [0.15, 0.2) is 0 Å². The van der Waals surface area contributed by atoms with Crippen LogP contribution < -0.4 is 0 Å². The van der Waals surface area contributed by atoms with Crippen molar-refractivity contribution in [2.24, 2.45) is 4.99 Å². The smallest absolute Gasteiger partial charge is 0.0360 e. The van der Waals surface area contributed by atoms with E-state index in [0.29, 0.717) is 0 Å². The van der Waals surface area contributed by atoms with Crippen LogP contribution in [0, 0.1) is 0 Å². The van der Waals surface area contributed by atoms with Crippen LogP contribution in [0.4, 0.5) is 0 Å². The Labute approximate surface area is 70.9 Å². The zero-order valence-corrected chi connectivity index (χ0v) is 8.19. The van der Waals surface area contributed by atoms with Gasteiger partial charge in [0, 0.05) is 12.3 Å². The van der Waals surface area contributed by atoms with Gasteiger partial charge in [0.25, 0.3) is 0 Å². The van der Waals surface area contributed by atoms with Gasteiger partial charge in [-0.15, -0.1) is 0 Å². The third kappa shape index (κ3) is 6.08. The lowest BCUT2D eigenvalue weighted by molar-refractivity contribution is 0.810. The number of unbranched alkanes of at least 4 members (excludes halogenated alkanes) is 1. The number of aliphatic imine (C=N–C) groups is 1. The first kappa shape index (κ1) is 10.7. The van der Waals surface area contributed by atoms with Crippen molar-refractivity contribution in [3.63, 3.8) is 0 Å². The molecule has 1 nitrogen and oxygen atoms in total. The second-order valence-electron chi connectivity index (χ2n) is 2.89. The van der Waals surface area contributed by atoms with Gasteiger partial charge in [-0.05, 0) is 26.2 Å². The van der Waals surface area contributed by atoms with Crippen LogP contribution in [0.15, 0.2) is 4.99 Å². The van der Waals surface area contributed by atoms with Crippen LogP contribution in [0.1, 0.15) is 52.9 Å². The summed E-state index contributed by atoms with van der Waals surface area (Å²) >= 11 is 0. The standard InChI is InChI=1S/C10H21N/c1-4-7-9-10(8-5-2)11-6-3/h4-9H2,1-3H3. The maximum absolute atomic E-state index is 4.47. The van der Waals surface area contributed by atoms with Crippen LogP contribution in [0.5, 0.6) is 0 Å². The van der Waals surface area contributed by atoms with Gasteiger partial charge in [-0.2, -0.15) is 0 Å². The van der Waals surface area contributed by atoms with Gasteiger partial charge in [-0.3, -0.25) is 4.99 Å². The number of nitrogens with zero attached hydrogens (tertiary/aromatic N) is 1. The van der Waals surface area contributed by atoms with Crippen molar-refractivity contribution in [1.82, 2.24) is 0 Å². The molecule has 0 aromatic heterocycles. The van der Waals surface area contributed by atoms with Crippen molar-refractivity contribution < 1.29 is 0 Å². The minimum absolute atomic E-state index is 0.957. The van der Waals surface area contributed by atoms with Gasteiger partial charge in [0.05, 0.1) is 0 Å². The van der Waals surface area contributed by atoms with E-state index in [9.17, 15) is 0 Å². The lowest BCUT2D eigenvalue weighted by Crippen LogP contribution is -1.98. The van der Waals surface area contributed by atoms with Crippen LogP contribution in [-0.4, -0.2) is 12.3 Å². The number of hydrogen-bond acceptors (Lipinski definition) is 1. The Morgan fingerprint density at radius 1 is 1.00 bits per heavy atom. The van der Waals surface area contributed by atoms with E-state index in [1.54, 1.807) is 0 Å². The maximum atomic E-state index is 4.47. The molecular weight excluding hydrogens is 134 g/mol. The Balaban J connectivity index is 3.60. The monoisotopic (exact) mass is 155 g/mol. The van der Waals surface area contributed by atoms with E-state index in [2.05, 4.69) is 25.8 Å². The van der Waals surface area contributed by atoms with Crippen LogP contribution >= 0.6 is 0 Å². The third-order valence-corrected chi connectivity index (χ3v) is 1.74. The molecule has 0 fully saturated rings. The summed E-state index contributed by atoms with van der Waals surface area (Å²) in [5.41, 5.74) is 1.43. The normalized spacial score (nSPS) is 12.1. The van der Waals surface area contributed by atoms with E-state index in [1.807, 2.05) is 0 Å². The first-order valence-electron chi connectivity index (χ1n) is 4.87. The lowest BCUT2D eigenvalue weighted by atomic mass is 10.1. The highest BCUT2D eigenvalue weighted by Crippen LogP contribution is 2.03. The van der Waals surface area contributed by atoms with Crippen LogP contribution in [0.3, 0.4) is 0 Å². The predicted octanol–water partition coefficient (Wildman–Crippen LogP) is 3.44. The molecule has 0 radical (unpaired) electrons. The highest BCUT2D eigenvalue weighted by molar-refractivity contribution is 5.84. The van der Waals surface area contributed by atoms with Crippen molar-refractivity contribution in [1.29, 1.82) is 0 Å². The summed E-state index contributed by atoms with van der Waals surface area (Å²) in [5, 5.41) is 0. The molecule has 0 bridgehead atoms. The second-order valence-corrected chi connectivity index (χ2v) is 2.89. The average Bonchev–Trinajstić information content (AvgIpc) is 2.01. The molecular formula is C10H21N. The molecule has 66 valence electrons. The van der Waals surface area contributed by atoms with Crippen molar-refractivity contribution in [2.45, 2.75) is 52.9 Å². The topological polar surface area (TPSA) is 12.4 Å². The maximum Gasteiger partial charge on any atom is 0.0360 e. The minimum Gasteiger partial charge on any atom is -0.294 e. The molecule has 0 unspecified atom stereocenters. The summed E-state index contributed by atoms with van der Waals surface area (Å²) in [5.74, 6) is 0. The Morgan fingerprint density at radius 2 is 1.73 bits per heavy atom. The molecule has 0 aliphatic carbocycles. The zero-order valence-electron chi connectivity index (χ0n) is 8.19. The molecule has 0 N–H and O–H groups in total. The molecule has 0 aliphatic rings. The Hall–Kier alpha value is -0.330. The van der Waals surface area contributed by atoms with Crippen molar-refractivity contribution in [2.75, 3.05) is 6.54 Å². The third-order valence-electron chi connectivity index (χ3n) is 1.74. The molecule has 0 heterocycles. The summed E-state index contributed by atoms with van der Waals surface area (Å²) < 4.78 is 0. The molecule has 0 saturated heterocycles. The van der Waals surface area contributed by atoms with Gasteiger partial charge >= 0.3 is 0 Å². The molecule has 0 atom stereocenters. The quantitative estimate of drug-likeness (QED) is 0.521. The minimum atomic E-state index is 0.957. The summed E-state index contributed by atoms with van der Waals surface area (Å²) in [4.78, 5) is 4.47. The van der Waals surface area contributed by atoms with E-state index in [-0.39, 0.29) is 0 Å². The highest BCUT2D eigenvalue weighted by atomic mass is 14.7. The van der Waals surface area contributed by atoms with Crippen molar-refractivity contribution >= 4 is 5.71 Å². The number of rotatable bonds is 6.